The molecule has 3 heterocycles. The molecule has 2 aromatic carbocycles. The Labute approximate surface area is 193 Å². The molecule has 0 radical (unpaired) electrons. The first kappa shape index (κ1) is 21.2. The number of carbonyl (C=O) groups is 1. The Morgan fingerprint density at radius 2 is 1.76 bits per heavy atom. The van der Waals surface area contributed by atoms with E-state index in [0.29, 0.717) is 41.0 Å². The number of carbonyl (C=O) groups excluding carboxylic acids is 1. The van der Waals surface area contributed by atoms with Crippen molar-refractivity contribution in [2.45, 2.75) is 12.8 Å². The summed E-state index contributed by atoms with van der Waals surface area (Å²) in [4.78, 5) is 34.2. The summed E-state index contributed by atoms with van der Waals surface area (Å²) in [5, 5.41) is 9.12. The number of hydrogen-bond acceptors (Lipinski definition) is 8. The second-order valence-corrected chi connectivity index (χ2v) is 7.44. The van der Waals surface area contributed by atoms with Crippen LogP contribution in [-0.4, -0.2) is 37.5 Å². The number of aromatic nitrogens is 5. The Kier molecular flexibility index (Phi) is 5.89. The highest BCUT2D eigenvalue weighted by molar-refractivity contribution is 6.02. The molecule has 9 nitrogen and oxygen atoms in total. The van der Waals surface area contributed by atoms with Crippen LogP contribution in [0.25, 0.3) is 27.8 Å². The van der Waals surface area contributed by atoms with Crippen molar-refractivity contribution in [1.82, 2.24) is 24.9 Å². The first-order valence-electron chi connectivity index (χ1n) is 10.7. The van der Waals surface area contributed by atoms with Gasteiger partial charge in [0.2, 0.25) is 11.7 Å². The summed E-state index contributed by atoms with van der Waals surface area (Å²) in [6, 6.07) is 19.4. The van der Waals surface area contributed by atoms with Crippen molar-refractivity contribution in [1.29, 1.82) is 0 Å². The fourth-order valence-corrected chi connectivity index (χ4v) is 3.51. The molecule has 0 aliphatic heterocycles. The fraction of sp³-hybridized carbons (Fsp3) is 0.120. The minimum Gasteiger partial charge on any atom is -0.461 e. The molecule has 0 aliphatic carbocycles. The number of benzene rings is 2. The second-order valence-electron chi connectivity index (χ2n) is 7.44. The van der Waals surface area contributed by atoms with Gasteiger partial charge in [0, 0.05) is 29.8 Å². The number of esters is 1. The lowest BCUT2D eigenvalue weighted by Gasteiger charge is -2.10. The fourth-order valence-electron chi connectivity index (χ4n) is 3.51. The zero-order valence-electron chi connectivity index (χ0n) is 18.0. The molecule has 5 rings (SSSR count). The van der Waals surface area contributed by atoms with Crippen LogP contribution in [0, 0.1) is 0 Å². The number of fused-ring (bicyclic) bond motifs is 1. The van der Waals surface area contributed by atoms with Gasteiger partial charge in [0.1, 0.15) is 0 Å². The Balaban J connectivity index is 1.30. The molecule has 0 saturated heterocycles. The molecule has 0 unspecified atom stereocenters. The molecular formula is C25H19N5O4. The van der Waals surface area contributed by atoms with Gasteiger partial charge in [-0.1, -0.05) is 41.6 Å². The minimum absolute atomic E-state index is 0.0794. The van der Waals surface area contributed by atoms with E-state index in [4.69, 9.17) is 9.26 Å². The number of rotatable bonds is 7. The van der Waals surface area contributed by atoms with Gasteiger partial charge < -0.3 is 9.26 Å². The van der Waals surface area contributed by atoms with E-state index in [1.165, 1.54) is 4.68 Å². The van der Waals surface area contributed by atoms with E-state index in [1.807, 2.05) is 12.1 Å². The van der Waals surface area contributed by atoms with Crippen LogP contribution in [0.1, 0.15) is 22.8 Å². The summed E-state index contributed by atoms with van der Waals surface area (Å²) >= 11 is 0. The number of hydrogen-bond donors (Lipinski definition) is 0. The summed E-state index contributed by atoms with van der Waals surface area (Å²) in [5.41, 5.74) is 1.10. The smallest absolute Gasteiger partial charge is 0.359 e. The van der Waals surface area contributed by atoms with Gasteiger partial charge in [-0.2, -0.15) is 14.8 Å². The van der Waals surface area contributed by atoms with Crippen LogP contribution in [0.3, 0.4) is 0 Å². The van der Waals surface area contributed by atoms with E-state index >= 15 is 0 Å². The molecule has 0 saturated carbocycles. The maximum absolute atomic E-state index is 12.9. The van der Waals surface area contributed by atoms with Gasteiger partial charge in [-0.3, -0.25) is 9.78 Å². The lowest BCUT2D eigenvalue weighted by molar-refractivity contribution is 0.0492. The van der Waals surface area contributed by atoms with Gasteiger partial charge >= 0.3 is 5.97 Å². The van der Waals surface area contributed by atoms with Crippen LogP contribution >= 0.6 is 0 Å². The van der Waals surface area contributed by atoms with Crippen LogP contribution in [0.4, 0.5) is 0 Å². The molecule has 0 N–H and O–H groups in total. The molecule has 34 heavy (non-hydrogen) atoms. The first-order valence-corrected chi connectivity index (χ1v) is 10.7. The van der Waals surface area contributed by atoms with Gasteiger partial charge in [-0.05, 0) is 36.8 Å². The summed E-state index contributed by atoms with van der Waals surface area (Å²) in [6.45, 7) is 0.129. The number of para-hydroxylation sites is 1. The zero-order valence-corrected chi connectivity index (χ0v) is 18.0. The predicted octanol–water partition coefficient (Wildman–Crippen LogP) is 3.62. The standard InChI is InChI=1S/C25H19N5O4/c31-24-20-12-5-4-11-19(20)22(28-30(24)18-9-2-1-3-10-18)25(32)33-15-7-13-21-27-23(29-34-21)17-8-6-14-26-16-17/h1-6,8-12,14,16H,7,13,15H2. The predicted molar refractivity (Wildman–Crippen MR) is 123 cm³/mol. The third-order valence-electron chi connectivity index (χ3n) is 5.16. The largest absolute Gasteiger partial charge is 0.461 e. The number of aryl methyl sites for hydroxylation is 1. The maximum atomic E-state index is 12.9. The highest BCUT2D eigenvalue weighted by Gasteiger charge is 2.19. The lowest BCUT2D eigenvalue weighted by atomic mass is 10.1. The second kappa shape index (κ2) is 9.45. The van der Waals surface area contributed by atoms with E-state index in [9.17, 15) is 9.59 Å². The van der Waals surface area contributed by atoms with Crippen molar-refractivity contribution in [2.24, 2.45) is 0 Å². The Hall–Kier alpha value is -4.66. The zero-order chi connectivity index (χ0) is 23.3. The molecule has 0 amide bonds. The van der Waals surface area contributed by atoms with Crippen LogP contribution < -0.4 is 5.56 Å². The average molecular weight is 453 g/mol. The number of nitrogens with zero attached hydrogens (tertiary/aromatic N) is 5. The molecular weight excluding hydrogens is 434 g/mol. The average Bonchev–Trinajstić information content (AvgIpc) is 3.37. The number of ether oxygens (including phenoxy) is 1. The third-order valence-corrected chi connectivity index (χ3v) is 5.16. The Morgan fingerprint density at radius 3 is 2.56 bits per heavy atom. The summed E-state index contributed by atoms with van der Waals surface area (Å²) in [5.74, 6) is 0.289. The van der Waals surface area contributed by atoms with Crippen LogP contribution in [-0.2, 0) is 11.2 Å². The van der Waals surface area contributed by atoms with Gasteiger partial charge in [0.15, 0.2) is 5.69 Å². The van der Waals surface area contributed by atoms with Crippen LogP contribution in [0.15, 0.2) is 88.4 Å². The maximum Gasteiger partial charge on any atom is 0.359 e. The molecule has 0 bridgehead atoms. The summed E-state index contributed by atoms with van der Waals surface area (Å²) in [7, 11) is 0. The van der Waals surface area contributed by atoms with Gasteiger partial charge in [-0.15, -0.1) is 0 Å². The van der Waals surface area contributed by atoms with Gasteiger partial charge in [-0.25, -0.2) is 4.79 Å². The molecule has 5 aromatic rings. The monoisotopic (exact) mass is 453 g/mol. The lowest BCUT2D eigenvalue weighted by Crippen LogP contribution is -2.25. The molecule has 0 aliphatic rings. The van der Waals surface area contributed by atoms with Gasteiger partial charge in [0.25, 0.3) is 5.56 Å². The van der Waals surface area contributed by atoms with E-state index in [2.05, 4.69) is 20.2 Å². The minimum atomic E-state index is -0.609. The van der Waals surface area contributed by atoms with E-state index in [1.54, 1.807) is 67.0 Å². The highest BCUT2D eigenvalue weighted by atomic mass is 16.5. The highest BCUT2D eigenvalue weighted by Crippen LogP contribution is 2.17. The van der Waals surface area contributed by atoms with Crippen LogP contribution in [0.5, 0.6) is 0 Å². The Bertz CT molecular complexity index is 1500. The van der Waals surface area contributed by atoms with E-state index in [0.717, 1.165) is 5.56 Å². The van der Waals surface area contributed by atoms with Crippen LogP contribution in [0.2, 0.25) is 0 Å². The topological polar surface area (TPSA) is 113 Å². The first-order chi connectivity index (χ1) is 16.7. The Morgan fingerprint density at radius 1 is 0.971 bits per heavy atom. The molecule has 9 heteroatoms. The third kappa shape index (κ3) is 4.31. The quantitative estimate of drug-likeness (QED) is 0.271. The molecule has 168 valence electrons. The van der Waals surface area contributed by atoms with Crippen molar-refractivity contribution < 1.29 is 14.1 Å². The van der Waals surface area contributed by atoms with Crippen molar-refractivity contribution in [3.05, 3.63) is 101 Å². The van der Waals surface area contributed by atoms with E-state index in [-0.39, 0.29) is 17.9 Å². The molecule has 0 spiro atoms. The normalized spacial score (nSPS) is 10.9. The number of pyridine rings is 1. The van der Waals surface area contributed by atoms with Crippen molar-refractivity contribution in [3.8, 4) is 17.1 Å². The molecule has 3 aromatic heterocycles. The van der Waals surface area contributed by atoms with Gasteiger partial charge in [0.05, 0.1) is 17.7 Å². The SMILES string of the molecule is O=C(OCCCc1nc(-c2cccnc2)no1)c1nn(-c2ccccc2)c(=O)c2ccccc12. The van der Waals surface area contributed by atoms with Crippen molar-refractivity contribution >= 4 is 16.7 Å². The van der Waals surface area contributed by atoms with E-state index < -0.39 is 5.97 Å². The summed E-state index contributed by atoms with van der Waals surface area (Å²) < 4.78 is 11.9. The summed E-state index contributed by atoms with van der Waals surface area (Å²) in [6.07, 6.45) is 4.25. The molecule has 0 atom stereocenters. The molecule has 0 fully saturated rings. The van der Waals surface area contributed by atoms with Crippen molar-refractivity contribution in [3.63, 3.8) is 0 Å². The van der Waals surface area contributed by atoms with Crippen molar-refractivity contribution in [2.75, 3.05) is 6.61 Å².